The molecule has 1 aromatic heterocycles. The molecule has 0 bridgehead atoms. The molecular formula is C46H60N+. The number of rotatable bonds is 13. The molecule has 2 aliphatic rings. The van der Waals surface area contributed by atoms with Gasteiger partial charge in [-0.3, -0.25) is 0 Å². The second kappa shape index (κ2) is 14.5. The molecule has 0 radical (unpaired) electrons. The summed E-state index contributed by atoms with van der Waals surface area (Å²) < 4.78 is 2.77. The van der Waals surface area contributed by atoms with Crippen molar-refractivity contribution in [3.63, 3.8) is 0 Å². The lowest BCUT2D eigenvalue weighted by Gasteiger charge is -2.53. The van der Waals surface area contributed by atoms with Crippen molar-refractivity contribution in [1.82, 2.24) is 0 Å². The van der Waals surface area contributed by atoms with Gasteiger partial charge in [0.05, 0.1) is 11.0 Å². The number of aromatic nitrogens is 1. The van der Waals surface area contributed by atoms with Gasteiger partial charge < -0.3 is 0 Å². The van der Waals surface area contributed by atoms with Gasteiger partial charge in [0, 0.05) is 25.0 Å². The maximum absolute atomic E-state index is 2.77. The van der Waals surface area contributed by atoms with Crippen molar-refractivity contribution in [2.45, 2.75) is 148 Å². The minimum absolute atomic E-state index is 0.185. The van der Waals surface area contributed by atoms with Crippen LogP contribution in [0.1, 0.15) is 145 Å². The minimum Gasteiger partial charge on any atom is -0.192 e. The van der Waals surface area contributed by atoms with E-state index >= 15 is 0 Å². The summed E-state index contributed by atoms with van der Waals surface area (Å²) >= 11 is 0. The highest BCUT2D eigenvalue weighted by molar-refractivity contribution is 5.72. The summed E-state index contributed by atoms with van der Waals surface area (Å²) in [7, 11) is 0. The molecular weight excluding hydrogens is 567 g/mol. The van der Waals surface area contributed by atoms with Crippen molar-refractivity contribution in [3.8, 4) is 22.4 Å². The van der Waals surface area contributed by atoms with Crippen LogP contribution in [0, 0.1) is 6.92 Å². The maximum atomic E-state index is 2.77. The molecule has 1 saturated carbocycles. The molecule has 2 heterocycles. The van der Waals surface area contributed by atoms with Crippen LogP contribution < -0.4 is 4.57 Å². The van der Waals surface area contributed by atoms with Gasteiger partial charge in [0.25, 0.3) is 0 Å². The van der Waals surface area contributed by atoms with E-state index in [1.807, 2.05) is 0 Å². The third-order valence-electron chi connectivity index (χ3n) is 12.4. The van der Waals surface area contributed by atoms with Gasteiger partial charge in [0.15, 0.2) is 11.7 Å². The molecule has 0 saturated heterocycles. The lowest BCUT2D eigenvalue weighted by molar-refractivity contribution is -0.772. The summed E-state index contributed by atoms with van der Waals surface area (Å²) in [6.45, 7) is 14.1. The first-order chi connectivity index (χ1) is 22.9. The normalized spacial score (nSPS) is 20.7. The zero-order valence-corrected chi connectivity index (χ0v) is 30.4. The van der Waals surface area contributed by atoms with E-state index < -0.39 is 0 Å². The Bertz CT molecular complexity index is 1670. The summed E-state index contributed by atoms with van der Waals surface area (Å²) in [5.41, 5.74) is 15.2. The average molecular weight is 627 g/mol. The van der Waals surface area contributed by atoms with Crippen molar-refractivity contribution in [1.29, 1.82) is 0 Å². The Balaban J connectivity index is 1.31. The van der Waals surface area contributed by atoms with Gasteiger partial charge in [-0.25, -0.2) is 0 Å². The smallest absolute Gasteiger partial charge is 0.192 e. The third-order valence-corrected chi connectivity index (χ3v) is 12.4. The molecule has 1 nitrogen and oxygen atoms in total. The van der Waals surface area contributed by atoms with Crippen LogP contribution in [0.2, 0.25) is 0 Å². The first-order valence-corrected chi connectivity index (χ1v) is 19.3. The molecule has 0 amide bonds. The summed E-state index contributed by atoms with van der Waals surface area (Å²) in [6, 6.07) is 29.1. The highest BCUT2D eigenvalue weighted by atomic mass is 15.1. The van der Waals surface area contributed by atoms with Crippen molar-refractivity contribution < 1.29 is 4.57 Å². The van der Waals surface area contributed by atoms with Crippen molar-refractivity contribution in [2.75, 3.05) is 0 Å². The number of fused-ring (bicyclic) bond motifs is 6. The number of pyridine rings is 1. The predicted molar refractivity (Wildman–Crippen MR) is 201 cm³/mol. The van der Waals surface area contributed by atoms with Gasteiger partial charge >= 0.3 is 0 Å². The van der Waals surface area contributed by atoms with Crippen LogP contribution in [0.3, 0.4) is 0 Å². The summed E-state index contributed by atoms with van der Waals surface area (Å²) in [5.74, 6) is 0.653. The van der Waals surface area contributed by atoms with E-state index in [2.05, 4.69) is 125 Å². The maximum Gasteiger partial charge on any atom is 0.213 e. The first kappa shape index (κ1) is 33.7. The van der Waals surface area contributed by atoms with Crippen molar-refractivity contribution in [2.24, 2.45) is 0 Å². The van der Waals surface area contributed by atoms with Crippen LogP contribution in [-0.4, -0.2) is 0 Å². The molecule has 6 rings (SSSR count). The Hall–Kier alpha value is -3.19. The zero-order valence-electron chi connectivity index (χ0n) is 30.4. The van der Waals surface area contributed by atoms with Crippen molar-refractivity contribution in [3.05, 3.63) is 112 Å². The Labute approximate surface area is 286 Å². The molecule has 1 aliphatic carbocycles. The topological polar surface area (TPSA) is 3.88 Å². The molecule has 4 aromatic rings. The van der Waals surface area contributed by atoms with Gasteiger partial charge in [-0.05, 0) is 121 Å². The molecule has 0 spiro atoms. The lowest BCUT2D eigenvalue weighted by atomic mass is 9.52. The standard InChI is InChI=1S/C46H60N/c1-7-17-37(10-4)39-24-22-34(6)41(33-39)40-21-13-12-19-38(40)20-16-18-36-23-25-43-42(31-36)44-32-35(9-3)26-30-47(44)46(11-5)29-15-14-28-45(43,46)27-8-2/h12-13,19,21-26,30-33,37H,7-11,14-18,20,27-29H2,1-6H3/q+1. The SMILES string of the molecule is CCCC(CC)c1ccc(C)c(-c2ccccc2CCCc2ccc3c(c2)-c2cc(CC)cc[n+]2C2(CC)CCCCC32CCC)c1. The third kappa shape index (κ3) is 6.02. The van der Waals surface area contributed by atoms with Crippen LogP contribution >= 0.6 is 0 Å². The summed E-state index contributed by atoms with van der Waals surface area (Å²) in [5, 5.41) is 0. The summed E-state index contributed by atoms with van der Waals surface area (Å²) in [4.78, 5) is 0. The first-order valence-electron chi connectivity index (χ1n) is 19.3. The molecule has 47 heavy (non-hydrogen) atoms. The Morgan fingerprint density at radius 1 is 0.745 bits per heavy atom. The van der Waals surface area contributed by atoms with E-state index in [0.717, 1.165) is 25.7 Å². The number of nitrogens with zero attached hydrogens (tertiary/aromatic N) is 1. The predicted octanol–water partition coefficient (Wildman–Crippen LogP) is 12.4. The molecule has 3 atom stereocenters. The molecule has 3 aromatic carbocycles. The van der Waals surface area contributed by atoms with Gasteiger partial charge in [-0.15, -0.1) is 0 Å². The van der Waals surface area contributed by atoms with Crippen LogP contribution in [0.15, 0.2) is 79.0 Å². The fourth-order valence-electron chi connectivity index (χ4n) is 10.0. The van der Waals surface area contributed by atoms with Crippen LogP contribution in [-0.2, 0) is 30.2 Å². The van der Waals surface area contributed by atoms with E-state index in [1.54, 1.807) is 5.56 Å². The van der Waals surface area contributed by atoms with E-state index in [1.165, 1.54) is 114 Å². The Morgan fingerprint density at radius 2 is 1.57 bits per heavy atom. The highest BCUT2D eigenvalue weighted by Gasteiger charge is 2.62. The number of benzene rings is 3. The second-order valence-corrected chi connectivity index (χ2v) is 14.9. The van der Waals surface area contributed by atoms with Gasteiger partial charge in [0.1, 0.15) is 0 Å². The van der Waals surface area contributed by atoms with Crippen molar-refractivity contribution >= 4 is 0 Å². The van der Waals surface area contributed by atoms with Crippen LogP contribution in [0.4, 0.5) is 0 Å². The second-order valence-electron chi connectivity index (χ2n) is 14.9. The number of hydrogen-bond donors (Lipinski definition) is 0. The van der Waals surface area contributed by atoms with Crippen LogP contribution in [0.25, 0.3) is 22.4 Å². The molecule has 3 unspecified atom stereocenters. The molecule has 1 fully saturated rings. The van der Waals surface area contributed by atoms with E-state index in [0.29, 0.717) is 5.92 Å². The molecule has 1 heteroatoms. The largest absolute Gasteiger partial charge is 0.213 e. The van der Waals surface area contributed by atoms with Crippen LogP contribution in [0.5, 0.6) is 0 Å². The van der Waals surface area contributed by atoms with E-state index in [4.69, 9.17) is 0 Å². The highest BCUT2D eigenvalue weighted by Crippen LogP contribution is 2.57. The molecule has 0 N–H and O–H groups in total. The molecule has 1 aliphatic heterocycles. The van der Waals surface area contributed by atoms with E-state index in [9.17, 15) is 0 Å². The average Bonchev–Trinajstić information content (AvgIpc) is 3.11. The van der Waals surface area contributed by atoms with Gasteiger partial charge in [-0.1, -0.05) is 108 Å². The lowest BCUT2D eigenvalue weighted by Crippen LogP contribution is -2.71. The monoisotopic (exact) mass is 626 g/mol. The quantitative estimate of drug-likeness (QED) is 0.130. The fraction of sp³-hybridized carbons (Fsp3) is 0.500. The minimum atomic E-state index is 0.185. The fourth-order valence-corrected chi connectivity index (χ4v) is 10.0. The molecule has 248 valence electrons. The zero-order chi connectivity index (χ0) is 33.0. The Morgan fingerprint density at radius 3 is 2.34 bits per heavy atom. The summed E-state index contributed by atoms with van der Waals surface area (Å²) in [6.07, 6.45) is 19.7. The van der Waals surface area contributed by atoms with Gasteiger partial charge in [-0.2, -0.15) is 4.57 Å². The van der Waals surface area contributed by atoms with Gasteiger partial charge in [0.2, 0.25) is 5.69 Å². The van der Waals surface area contributed by atoms with E-state index in [-0.39, 0.29) is 11.0 Å². The number of hydrogen-bond acceptors (Lipinski definition) is 0. The number of aryl methyl sites for hydroxylation is 4. The Kier molecular flexibility index (Phi) is 10.4.